The van der Waals surface area contributed by atoms with Gasteiger partial charge in [-0.1, -0.05) is 12.7 Å². The quantitative estimate of drug-likeness (QED) is 0.408. The average molecular weight is 258 g/mol. The van der Waals surface area contributed by atoms with Gasteiger partial charge in [0.15, 0.2) is 5.78 Å². The van der Waals surface area contributed by atoms with Crippen molar-refractivity contribution >= 4 is 11.6 Å². The molecule has 1 aliphatic rings. The Bertz CT molecular complexity index is 469. The molecule has 1 fully saturated rings. The minimum atomic E-state index is -0.110. The maximum absolute atomic E-state index is 11.9. The molecule has 0 aromatic heterocycles. The van der Waals surface area contributed by atoms with E-state index in [1.54, 1.807) is 30.3 Å². The summed E-state index contributed by atoms with van der Waals surface area (Å²) in [5.41, 5.74) is 0.565. The molecule has 0 bridgehead atoms. The molecule has 0 saturated heterocycles. The standard InChI is InChI=1S/C16H18O3/c1-2-9-19-15-7-5-13(6-8-15)16(18)11-14(17)10-12-3-4-12/h2,5-8,12H,1,3-4,9-11H2. The number of hydrogen-bond acceptors (Lipinski definition) is 3. The van der Waals surface area contributed by atoms with E-state index in [1.807, 2.05) is 0 Å². The highest BCUT2D eigenvalue weighted by Crippen LogP contribution is 2.32. The molecule has 1 saturated carbocycles. The third-order valence-corrected chi connectivity index (χ3v) is 3.12. The molecule has 3 nitrogen and oxygen atoms in total. The first-order valence-corrected chi connectivity index (χ1v) is 6.57. The van der Waals surface area contributed by atoms with E-state index in [0.29, 0.717) is 30.3 Å². The van der Waals surface area contributed by atoms with Crippen molar-refractivity contribution in [3.63, 3.8) is 0 Å². The fraction of sp³-hybridized carbons (Fsp3) is 0.375. The number of rotatable bonds is 8. The second-order valence-corrected chi connectivity index (χ2v) is 4.91. The SMILES string of the molecule is C=CCOc1ccc(C(=O)CC(=O)CC2CC2)cc1. The minimum Gasteiger partial charge on any atom is -0.490 e. The molecule has 0 unspecified atom stereocenters. The van der Waals surface area contributed by atoms with Crippen LogP contribution in [0.5, 0.6) is 5.75 Å². The summed E-state index contributed by atoms with van der Waals surface area (Å²) in [7, 11) is 0. The topological polar surface area (TPSA) is 43.4 Å². The van der Waals surface area contributed by atoms with Gasteiger partial charge in [-0.2, -0.15) is 0 Å². The predicted octanol–water partition coefficient (Wildman–Crippen LogP) is 3.19. The molecule has 0 atom stereocenters. The largest absolute Gasteiger partial charge is 0.490 e. The molecule has 1 aliphatic carbocycles. The Hall–Kier alpha value is -1.90. The van der Waals surface area contributed by atoms with Gasteiger partial charge in [-0.3, -0.25) is 9.59 Å². The molecule has 1 aromatic rings. The van der Waals surface area contributed by atoms with Crippen molar-refractivity contribution in [3.8, 4) is 5.75 Å². The molecule has 19 heavy (non-hydrogen) atoms. The molecule has 0 amide bonds. The number of Topliss-reactive ketones (excluding diaryl/α,β-unsaturated/α-hetero) is 2. The van der Waals surface area contributed by atoms with Gasteiger partial charge in [-0.05, 0) is 43.0 Å². The first-order chi connectivity index (χ1) is 9.19. The Balaban J connectivity index is 1.87. The van der Waals surface area contributed by atoms with Crippen molar-refractivity contribution in [1.82, 2.24) is 0 Å². The fourth-order valence-corrected chi connectivity index (χ4v) is 1.89. The van der Waals surface area contributed by atoms with Crippen LogP contribution in [0.25, 0.3) is 0 Å². The summed E-state index contributed by atoms with van der Waals surface area (Å²) in [6.45, 7) is 4.00. The summed E-state index contributed by atoms with van der Waals surface area (Å²) in [6, 6.07) is 6.88. The van der Waals surface area contributed by atoms with Gasteiger partial charge < -0.3 is 4.74 Å². The van der Waals surface area contributed by atoms with Gasteiger partial charge in [0, 0.05) is 12.0 Å². The zero-order chi connectivity index (χ0) is 13.7. The third-order valence-electron chi connectivity index (χ3n) is 3.12. The lowest BCUT2D eigenvalue weighted by atomic mass is 10.0. The highest BCUT2D eigenvalue weighted by atomic mass is 16.5. The number of carbonyl (C=O) groups is 2. The maximum Gasteiger partial charge on any atom is 0.170 e. The van der Waals surface area contributed by atoms with Gasteiger partial charge in [0.05, 0.1) is 6.42 Å². The van der Waals surface area contributed by atoms with Crippen molar-refractivity contribution in [2.24, 2.45) is 5.92 Å². The first-order valence-electron chi connectivity index (χ1n) is 6.57. The molecule has 0 heterocycles. The van der Waals surface area contributed by atoms with Crippen LogP contribution < -0.4 is 4.74 Å². The minimum absolute atomic E-state index is 0.0172. The molecule has 0 spiro atoms. The van der Waals surface area contributed by atoms with Crippen LogP contribution in [0, 0.1) is 5.92 Å². The Morgan fingerprint density at radius 1 is 1.26 bits per heavy atom. The van der Waals surface area contributed by atoms with E-state index in [1.165, 1.54) is 0 Å². The molecule has 100 valence electrons. The zero-order valence-electron chi connectivity index (χ0n) is 10.9. The van der Waals surface area contributed by atoms with Crippen molar-refractivity contribution in [2.75, 3.05) is 6.61 Å². The van der Waals surface area contributed by atoms with Crippen molar-refractivity contribution in [1.29, 1.82) is 0 Å². The smallest absolute Gasteiger partial charge is 0.170 e. The maximum atomic E-state index is 11.9. The average Bonchev–Trinajstić information content (AvgIpc) is 3.20. The summed E-state index contributed by atoms with van der Waals surface area (Å²) < 4.78 is 5.34. The molecule has 0 aliphatic heterocycles. The van der Waals surface area contributed by atoms with Crippen LogP contribution in [0.15, 0.2) is 36.9 Å². The number of benzene rings is 1. The lowest BCUT2D eigenvalue weighted by molar-refractivity contribution is -0.118. The molecule has 1 aromatic carbocycles. The highest BCUT2D eigenvalue weighted by molar-refractivity contribution is 6.08. The third kappa shape index (κ3) is 4.36. The van der Waals surface area contributed by atoms with E-state index in [0.717, 1.165) is 12.8 Å². The van der Waals surface area contributed by atoms with E-state index in [9.17, 15) is 9.59 Å². The molecular formula is C16H18O3. The molecule has 0 radical (unpaired) electrons. The first kappa shape index (κ1) is 13.5. The Morgan fingerprint density at radius 3 is 2.53 bits per heavy atom. The van der Waals surface area contributed by atoms with Gasteiger partial charge in [0.1, 0.15) is 18.1 Å². The predicted molar refractivity (Wildman–Crippen MR) is 73.4 cm³/mol. The van der Waals surface area contributed by atoms with Crippen molar-refractivity contribution in [2.45, 2.75) is 25.7 Å². The molecular weight excluding hydrogens is 240 g/mol. The van der Waals surface area contributed by atoms with E-state index < -0.39 is 0 Å². The van der Waals surface area contributed by atoms with Gasteiger partial charge >= 0.3 is 0 Å². The summed E-state index contributed by atoms with van der Waals surface area (Å²) in [5.74, 6) is 1.18. The number of carbonyl (C=O) groups excluding carboxylic acids is 2. The summed E-state index contributed by atoms with van der Waals surface area (Å²) in [6.07, 6.45) is 4.51. The summed E-state index contributed by atoms with van der Waals surface area (Å²) >= 11 is 0. The van der Waals surface area contributed by atoms with Crippen LogP contribution in [-0.4, -0.2) is 18.2 Å². The zero-order valence-corrected chi connectivity index (χ0v) is 10.9. The van der Waals surface area contributed by atoms with Gasteiger partial charge in [-0.15, -0.1) is 0 Å². The van der Waals surface area contributed by atoms with Crippen LogP contribution in [-0.2, 0) is 4.79 Å². The normalized spacial score (nSPS) is 13.9. The highest BCUT2D eigenvalue weighted by Gasteiger charge is 2.25. The van der Waals surface area contributed by atoms with Crippen LogP contribution in [0.2, 0.25) is 0 Å². The van der Waals surface area contributed by atoms with E-state index >= 15 is 0 Å². The summed E-state index contributed by atoms with van der Waals surface area (Å²) in [5, 5.41) is 0. The summed E-state index contributed by atoms with van der Waals surface area (Å²) in [4.78, 5) is 23.5. The van der Waals surface area contributed by atoms with Gasteiger partial charge in [0.25, 0.3) is 0 Å². The molecule has 0 N–H and O–H groups in total. The Kier molecular flexibility index (Phi) is 4.50. The lowest BCUT2D eigenvalue weighted by Crippen LogP contribution is -2.08. The van der Waals surface area contributed by atoms with Gasteiger partial charge in [0.2, 0.25) is 0 Å². The Labute approximate surface area is 113 Å². The second-order valence-electron chi connectivity index (χ2n) is 4.91. The van der Waals surface area contributed by atoms with E-state index in [-0.39, 0.29) is 18.0 Å². The van der Waals surface area contributed by atoms with Crippen LogP contribution in [0.3, 0.4) is 0 Å². The molecule has 2 rings (SSSR count). The van der Waals surface area contributed by atoms with Crippen LogP contribution in [0.1, 0.15) is 36.0 Å². The number of ketones is 2. The number of ether oxygens (including phenoxy) is 1. The van der Waals surface area contributed by atoms with E-state index in [2.05, 4.69) is 6.58 Å². The van der Waals surface area contributed by atoms with E-state index in [4.69, 9.17) is 4.74 Å². The second kappa shape index (κ2) is 6.32. The van der Waals surface area contributed by atoms with Crippen molar-refractivity contribution in [3.05, 3.63) is 42.5 Å². The monoisotopic (exact) mass is 258 g/mol. The van der Waals surface area contributed by atoms with Crippen LogP contribution >= 0.6 is 0 Å². The number of hydrogen-bond donors (Lipinski definition) is 0. The van der Waals surface area contributed by atoms with Crippen molar-refractivity contribution < 1.29 is 14.3 Å². The van der Waals surface area contributed by atoms with Gasteiger partial charge in [-0.25, -0.2) is 0 Å². The molecule has 3 heteroatoms. The van der Waals surface area contributed by atoms with Crippen LogP contribution in [0.4, 0.5) is 0 Å². The fourth-order valence-electron chi connectivity index (χ4n) is 1.89. The Morgan fingerprint density at radius 2 is 1.95 bits per heavy atom. The lowest BCUT2D eigenvalue weighted by Gasteiger charge is -2.04.